The third-order valence-corrected chi connectivity index (χ3v) is 3.47. The molecule has 0 fully saturated rings. The molecule has 1 rings (SSSR count). The highest BCUT2D eigenvalue weighted by molar-refractivity contribution is 8.00. The zero-order chi connectivity index (χ0) is 14.3. The molecule has 6 heteroatoms. The third-order valence-electron chi connectivity index (χ3n) is 2.46. The summed E-state index contributed by atoms with van der Waals surface area (Å²) in [7, 11) is 1.60. The molecule has 0 radical (unpaired) electrons. The molecular formula is C13H17NO4S. The van der Waals surface area contributed by atoms with E-state index in [4.69, 9.17) is 9.84 Å². The van der Waals surface area contributed by atoms with E-state index in [-0.39, 0.29) is 18.2 Å². The molecular weight excluding hydrogens is 266 g/mol. The molecule has 0 saturated heterocycles. The van der Waals surface area contributed by atoms with Gasteiger partial charge in [0.25, 0.3) is 0 Å². The van der Waals surface area contributed by atoms with Gasteiger partial charge in [0.1, 0.15) is 5.75 Å². The van der Waals surface area contributed by atoms with Crippen LogP contribution in [0.15, 0.2) is 29.2 Å². The minimum atomic E-state index is -0.914. The first-order valence-electron chi connectivity index (χ1n) is 5.79. The van der Waals surface area contributed by atoms with Crippen LogP contribution in [0.2, 0.25) is 0 Å². The molecule has 1 aromatic rings. The van der Waals surface area contributed by atoms with Crippen molar-refractivity contribution < 1.29 is 19.4 Å². The highest BCUT2D eigenvalue weighted by Gasteiger charge is 2.12. The fraction of sp³-hybridized carbons (Fsp3) is 0.385. The summed E-state index contributed by atoms with van der Waals surface area (Å²) < 4.78 is 5.04. The molecule has 2 N–H and O–H groups in total. The Balaban J connectivity index is 2.31. The molecule has 0 aliphatic heterocycles. The molecule has 19 heavy (non-hydrogen) atoms. The van der Waals surface area contributed by atoms with E-state index >= 15 is 0 Å². The second kappa shape index (κ2) is 7.68. The first kappa shape index (κ1) is 15.4. The number of ether oxygens (including phenoxy) is 1. The minimum Gasteiger partial charge on any atom is -0.497 e. The van der Waals surface area contributed by atoms with Crippen molar-refractivity contribution in [3.8, 4) is 5.75 Å². The maximum Gasteiger partial charge on any atom is 0.308 e. The summed E-state index contributed by atoms with van der Waals surface area (Å²) in [5.41, 5.74) is 0. The monoisotopic (exact) mass is 283 g/mol. The Hall–Kier alpha value is -1.69. The largest absolute Gasteiger partial charge is 0.497 e. The molecule has 1 atom stereocenters. The molecule has 1 amide bonds. The highest BCUT2D eigenvalue weighted by atomic mass is 32.2. The van der Waals surface area contributed by atoms with Gasteiger partial charge in [-0.1, -0.05) is 6.92 Å². The normalized spacial score (nSPS) is 11.7. The first-order valence-corrected chi connectivity index (χ1v) is 6.78. The molecule has 0 heterocycles. The predicted octanol–water partition coefficient (Wildman–Crippen LogP) is 1.62. The topological polar surface area (TPSA) is 75.6 Å². The summed E-state index contributed by atoms with van der Waals surface area (Å²) in [6.45, 7) is 1.70. The SMILES string of the molecule is COc1ccc(SCC(=O)NCC(C)C(=O)O)cc1. The van der Waals surface area contributed by atoms with Gasteiger partial charge in [-0.2, -0.15) is 0 Å². The summed E-state index contributed by atoms with van der Waals surface area (Å²) in [6, 6.07) is 7.40. The summed E-state index contributed by atoms with van der Waals surface area (Å²) in [5, 5.41) is 11.3. The average molecular weight is 283 g/mol. The number of carbonyl (C=O) groups is 2. The molecule has 5 nitrogen and oxygen atoms in total. The number of rotatable bonds is 7. The minimum absolute atomic E-state index is 0.150. The van der Waals surface area contributed by atoms with E-state index in [1.54, 1.807) is 14.0 Å². The number of amides is 1. The molecule has 0 aromatic heterocycles. The second-order valence-electron chi connectivity index (χ2n) is 4.01. The zero-order valence-electron chi connectivity index (χ0n) is 10.9. The van der Waals surface area contributed by atoms with Crippen molar-refractivity contribution >= 4 is 23.6 Å². The van der Waals surface area contributed by atoms with Crippen LogP contribution < -0.4 is 10.1 Å². The molecule has 1 aromatic carbocycles. The van der Waals surface area contributed by atoms with Crippen molar-refractivity contribution in [2.24, 2.45) is 5.92 Å². The third kappa shape index (κ3) is 5.65. The van der Waals surface area contributed by atoms with Crippen LogP contribution >= 0.6 is 11.8 Å². The van der Waals surface area contributed by atoms with Gasteiger partial charge in [0, 0.05) is 11.4 Å². The molecule has 0 aliphatic carbocycles. The van der Waals surface area contributed by atoms with Crippen LogP contribution in [0.4, 0.5) is 0 Å². The number of thioether (sulfide) groups is 1. The zero-order valence-corrected chi connectivity index (χ0v) is 11.7. The van der Waals surface area contributed by atoms with Gasteiger partial charge in [-0.25, -0.2) is 0 Å². The van der Waals surface area contributed by atoms with Gasteiger partial charge in [-0.15, -0.1) is 11.8 Å². The average Bonchev–Trinajstić information content (AvgIpc) is 2.42. The molecule has 0 spiro atoms. The Morgan fingerprint density at radius 1 is 1.37 bits per heavy atom. The maximum absolute atomic E-state index is 11.5. The smallest absolute Gasteiger partial charge is 0.308 e. The van der Waals surface area contributed by atoms with Crippen LogP contribution in [0.3, 0.4) is 0 Å². The number of carbonyl (C=O) groups excluding carboxylic acids is 1. The van der Waals surface area contributed by atoms with E-state index in [0.717, 1.165) is 10.6 Å². The quantitative estimate of drug-likeness (QED) is 0.744. The van der Waals surface area contributed by atoms with Gasteiger partial charge in [0.2, 0.25) is 5.91 Å². The fourth-order valence-corrected chi connectivity index (χ4v) is 1.95. The van der Waals surface area contributed by atoms with Gasteiger partial charge < -0.3 is 15.2 Å². The standard InChI is InChI=1S/C13H17NO4S/c1-9(13(16)17)7-14-12(15)8-19-11-5-3-10(18-2)4-6-11/h3-6,9H,7-8H2,1-2H3,(H,14,15)(H,16,17). The van der Waals surface area contributed by atoms with Gasteiger partial charge in [-0.3, -0.25) is 9.59 Å². The Kier molecular flexibility index (Phi) is 6.21. The van der Waals surface area contributed by atoms with Crippen LogP contribution in [-0.2, 0) is 9.59 Å². The van der Waals surface area contributed by atoms with Crippen molar-refractivity contribution in [3.05, 3.63) is 24.3 Å². The Bertz CT molecular complexity index is 433. The van der Waals surface area contributed by atoms with Gasteiger partial charge in [0.15, 0.2) is 0 Å². The maximum atomic E-state index is 11.5. The number of methoxy groups -OCH3 is 1. The summed E-state index contributed by atoms with van der Waals surface area (Å²) in [4.78, 5) is 23.1. The van der Waals surface area contributed by atoms with E-state index < -0.39 is 11.9 Å². The van der Waals surface area contributed by atoms with Gasteiger partial charge in [-0.05, 0) is 24.3 Å². The van der Waals surface area contributed by atoms with Crippen LogP contribution in [0, 0.1) is 5.92 Å². The van der Waals surface area contributed by atoms with Crippen molar-refractivity contribution in [3.63, 3.8) is 0 Å². The molecule has 1 unspecified atom stereocenters. The number of nitrogens with one attached hydrogen (secondary N) is 1. The van der Waals surface area contributed by atoms with Crippen LogP contribution in [0.25, 0.3) is 0 Å². The van der Waals surface area contributed by atoms with Crippen molar-refractivity contribution in [2.75, 3.05) is 19.4 Å². The molecule has 0 bridgehead atoms. The lowest BCUT2D eigenvalue weighted by molar-refractivity contribution is -0.141. The first-order chi connectivity index (χ1) is 9.02. The van der Waals surface area contributed by atoms with Crippen LogP contribution in [0.5, 0.6) is 5.75 Å². The lowest BCUT2D eigenvalue weighted by Crippen LogP contribution is -2.32. The van der Waals surface area contributed by atoms with E-state index in [2.05, 4.69) is 5.32 Å². The molecule has 104 valence electrons. The van der Waals surface area contributed by atoms with Gasteiger partial charge >= 0.3 is 5.97 Å². The van der Waals surface area contributed by atoms with Gasteiger partial charge in [0.05, 0.1) is 18.8 Å². The number of hydrogen-bond acceptors (Lipinski definition) is 4. The van der Waals surface area contributed by atoms with Crippen molar-refractivity contribution in [1.29, 1.82) is 0 Å². The molecule has 0 saturated carbocycles. The van der Waals surface area contributed by atoms with E-state index in [9.17, 15) is 9.59 Å². The summed E-state index contributed by atoms with van der Waals surface area (Å²) in [6.07, 6.45) is 0. The number of hydrogen-bond donors (Lipinski definition) is 2. The van der Waals surface area contributed by atoms with Crippen molar-refractivity contribution in [2.45, 2.75) is 11.8 Å². The van der Waals surface area contributed by atoms with E-state index in [0.29, 0.717) is 0 Å². The Labute approximate surface area is 116 Å². The second-order valence-corrected chi connectivity index (χ2v) is 5.06. The highest BCUT2D eigenvalue weighted by Crippen LogP contribution is 2.20. The summed E-state index contributed by atoms with van der Waals surface area (Å²) in [5.74, 6) is -0.630. The number of benzene rings is 1. The molecule has 0 aliphatic rings. The van der Waals surface area contributed by atoms with E-state index in [1.165, 1.54) is 11.8 Å². The fourth-order valence-electron chi connectivity index (χ4n) is 1.23. The predicted molar refractivity (Wildman–Crippen MR) is 73.5 cm³/mol. The number of carboxylic acids is 1. The lowest BCUT2D eigenvalue weighted by atomic mass is 10.2. The number of carboxylic acid groups (broad SMARTS) is 1. The number of aliphatic carboxylic acids is 1. The van der Waals surface area contributed by atoms with Crippen LogP contribution in [-0.4, -0.2) is 36.4 Å². The summed E-state index contributed by atoms with van der Waals surface area (Å²) >= 11 is 1.39. The van der Waals surface area contributed by atoms with E-state index in [1.807, 2.05) is 24.3 Å². The Morgan fingerprint density at radius 2 is 2.00 bits per heavy atom. The van der Waals surface area contributed by atoms with Crippen molar-refractivity contribution in [1.82, 2.24) is 5.32 Å². The lowest BCUT2D eigenvalue weighted by Gasteiger charge is -2.08. The Morgan fingerprint density at radius 3 is 2.53 bits per heavy atom. The van der Waals surface area contributed by atoms with Crippen LogP contribution in [0.1, 0.15) is 6.92 Å².